The summed E-state index contributed by atoms with van der Waals surface area (Å²) < 4.78 is 46.3. The summed E-state index contributed by atoms with van der Waals surface area (Å²) in [5, 5.41) is 18.0. The maximum absolute atomic E-state index is 14.7. The molecular weight excluding hydrogens is 538 g/mol. The second-order valence-corrected chi connectivity index (χ2v) is 10.3. The van der Waals surface area contributed by atoms with Crippen molar-refractivity contribution in [1.29, 1.82) is 0 Å². The van der Waals surface area contributed by atoms with Crippen LogP contribution >= 0.6 is 23.2 Å². The van der Waals surface area contributed by atoms with E-state index in [1.165, 1.54) is 18.6 Å². The molecule has 1 aliphatic carbocycles. The molecule has 36 heavy (non-hydrogen) atoms. The standard InChI is InChI=1S/C21H21Cl2FN6O5S/c1-25-36(33,34)35-17-7-16(18(24)20(17)32)28-21-12(8-26-10-27-21)19(31)15-4-5-30(29-15)9-11-2-3-13(22)14(23)6-11/h2-6,8,10,16-18,20,25,32H,7,9H2,1H3,(H,26,27,28)/t16-,17-,18-,20-/m1/s1. The van der Waals surface area contributed by atoms with Gasteiger partial charge in [-0.1, -0.05) is 29.3 Å². The zero-order chi connectivity index (χ0) is 26.0. The van der Waals surface area contributed by atoms with Crippen molar-refractivity contribution >= 4 is 45.1 Å². The van der Waals surface area contributed by atoms with E-state index >= 15 is 0 Å². The highest BCUT2D eigenvalue weighted by Gasteiger charge is 2.46. The largest absolute Gasteiger partial charge is 0.387 e. The zero-order valence-electron chi connectivity index (χ0n) is 18.7. The van der Waals surface area contributed by atoms with Crippen LogP contribution in [-0.2, 0) is 21.0 Å². The molecule has 0 saturated heterocycles. The zero-order valence-corrected chi connectivity index (χ0v) is 21.0. The Balaban J connectivity index is 1.49. The smallest absolute Gasteiger partial charge is 0.335 e. The first-order valence-electron chi connectivity index (χ1n) is 10.6. The van der Waals surface area contributed by atoms with Crippen molar-refractivity contribution in [2.75, 3.05) is 12.4 Å². The normalized spacial score (nSPS) is 22.0. The van der Waals surface area contributed by atoms with Gasteiger partial charge in [0.15, 0.2) is 0 Å². The summed E-state index contributed by atoms with van der Waals surface area (Å²) in [5.41, 5.74) is 0.936. The van der Waals surface area contributed by atoms with Gasteiger partial charge in [-0.25, -0.2) is 14.4 Å². The Hall–Kier alpha value is -2.68. The molecule has 192 valence electrons. The number of carbonyl (C=O) groups is 1. The van der Waals surface area contributed by atoms with Crippen molar-refractivity contribution in [2.45, 2.75) is 37.4 Å². The molecule has 4 rings (SSSR count). The van der Waals surface area contributed by atoms with Crippen molar-refractivity contribution in [3.8, 4) is 0 Å². The third-order valence-corrected chi connectivity index (χ3v) is 7.30. The van der Waals surface area contributed by atoms with E-state index in [9.17, 15) is 22.7 Å². The molecular formula is C21H21Cl2FN6O5S. The minimum absolute atomic E-state index is 0.00556. The van der Waals surface area contributed by atoms with E-state index in [1.54, 1.807) is 29.1 Å². The van der Waals surface area contributed by atoms with E-state index in [-0.39, 0.29) is 23.5 Å². The van der Waals surface area contributed by atoms with Crippen molar-refractivity contribution in [3.05, 3.63) is 69.9 Å². The third kappa shape index (κ3) is 5.82. The van der Waals surface area contributed by atoms with Gasteiger partial charge in [0.05, 0.1) is 28.2 Å². The van der Waals surface area contributed by atoms with Gasteiger partial charge in [0.2, 0.25) is 5.78 Å². The Morgan fingerprint density at radius 2 is 2.08 bits per heavy atom. The number of carbonyl (C=O) groups excluding carboxylic acids is 1. The number of nitrogens with one attached hydrogen (secondary N) is 2. The van der Waals surface area contributed by atoms with E-state index in [2.05, 4.69) is 20.4 Å². The molecule has 2 aromatic heterocycles. The van der Waals surface area contributed by atoms with E-state index in [0.717, 1.165) is 12.6 Å². The monoisotopic (exact) mass is 558 g/mol. The van der Waals surface area contributed by atoms with Crippen LogP contribution in [0.3, 0.4) is 0 Å². The summed E-state index contributed by atoms with van der Waals surface area (Å²) in [4.78, 5) is 21.1. The van der Waals surface area contributed by atoms with E-state index in [0.29, 0.717) is 16.6 Å². The van der Waals surface area contributed by atoms with Gasteiger partial charge < -0.3 is 10.4 Å². The highest BCUT2D eigenvalue weighted by molar-refractivity contribution is 7.84. The molecule has 0 aliphatic heterocycles. The van der Waals surface area contributed by atoms with Crippen LogP contribution in [0.25, 0.3) is 0 Å². The van der Waals surface area contributed by atoms with Crippen LogP contribution in [-0.4, -0.2) is 70.5 Å². The van der Waals surface area contributed by atoms with Crippen LogP contribution in [0.4, 0.5) is 10.2 Å². The molecule has 0 amide bonds. The second kappa shape index (κ2) is 10.7. The van der Waals surface area contributed by atoms with Crippen LogP contribution in [0.15, 0.2) is 43.0 Å². The average molecular weight is 559 g/mol. The van der Waals surface area contributed by atoms with Gasteiger partial charge in [-0.05, 0) is 23.8 Å². The maximum Gasteiger partial charge on any atom is 0.335 e. The number of aromatic nitrogens is 4. The summed E-state index contributed by atoms with van der Waals surface area (Å²) in [6.45, 7) is 0.334. The van der Waals surface area contributed by atoms with Gasteiger partial charge in [-0.3, -0.25) is 13.7 Å². The SMILES string of the molecule is CNS(=O)(=O)O[C@@H]1C[C@@H](Nc2ncncc2C(=O)c2ccn(Cc3ccc(Cl)c(Cl)c3)n2)[C@@H](F)[C@@H]1O. The molecule has 3 aromatic rings. The second-order valence-electron chi connectivity index (χ2n) is 7.98. The molecule has 1 saturated carbocycles. The molecule has 0 bridgehead atoms. The lowest BCUT2D eigenvalue weighted by Gasteiger charge is -2.17. The fourth-order valence-electron chi connectivity index (χ4n) is 3.73. The summed E-state index contributed by atoms with van der Waals surface area (Å²) in [6, 6.07) is 5.58. The molecule has 11 nitrogen and oxygen atoms in total. The van der Waals surface area contributed by atoms with Gasteiger partial charge >= 0.3 is 10.3 Å². The van der Waals surface area contributed by atoms with Gasteiger partial charge in [-0.15, -0.1) is 0 Å². The lowest BCUT2D eigenvalue weighted by molar-refractivity contribution is 0.0248. The molecule has 0 spiro atoms. The molecule has 3 N–H and O–H groups in total. The molecule has 1 aliphatic rings. The van der Waals surface area contributed by atoms with Crippen molar-refractivity contribution < 1.29 is 26.9 Å². The third-order valence-electron chi connectivity index (χ3n) is 5.56. The van der Waals surface area contributed by atoms with Crippen LogP contribution in [0.1, 0.15) is 28.0 Å². The molecule has 4 atom stereocenters. The molecule has 1 fully saturated rings. The number of anilines is 1. The highest BCUT2D eigenvalue weighted by Crippen LogP contribution is 2.30. The number of alkyl halides is 1. The Morgan fingerprint density at radius 1 is 1.31 bits per heavy atom. The van der Waals surface area contributed by atoms with E-state index < -0.39 is 40.5 Å². The van der Waals surface area contributed by atoms with Crippen molar-refractivity contribution in [3.63, 3.8) is 0 Å². The number of hydrogen-bond acceptors (Lipinski definition) is 9. The summed E-state index contributed by atoms with van der Waals surface area (Å²) in [5.74, 6) is -0.517. The van der Waals surface area contributed by atoms with Gasteiger partial charge in [-0.2, -0.15) is 18.2 Å². The van der Waals surface area contributed by atoms with E-state index in [1.807, 2.05) is 4.72 Å². The number of benzene rings is 1. The topological polar surface area (TPSA) is 148 Å². The molecule has 1 aromatic carbocycles. The van der Waals surface area contributed by atoms with Crippen LogP contribution in [0.5, 0.6) is 0 Å². The fraction of sp³-hybridized carbons (Fsp3) is 0.333. The van der Waals surface area contributed by atoms with E-state index in [4.69, 9.17) is 27.4 Å². The lowest BCUT2D eigenvalue weighted by atomic mass is 10.1. The summed E-state index contributed by atoms with van der Waals surface area (Å²) in [7, 11) is -3.02. The first-order chi connectivity index (χ1) is 17.1. The number of ketones is 1. The predicted molar refractivity (Wildman–Crippen MR) is 129 cm³/mol. The van der Waals surface area contributed by atoms with Crippen LogP contribution in [0.2, 0.25) is 10.0 Å². The quantitative estimate of drug-likeness (QED) is 0.335. The van der Waals surface area contributed by atoms with Crippen molar-refractivity contribution in [1.82, 2.24) is 24.5 Å². The highest BCUT2D eigenvalue weighted by atomic mass is 35.5. The van der Waals surface area contributed by atoms with Gasteiger partial charge in [0.25, 0.3) is 0 Å². The Morgan fingerprint density at radius 3 is 2.81 bits per heavy atom. The number of rotatable bonds is 9. The van der Waals surface area contributed by atoms with Crippen LogP contribution in [0, 0.1) is 0 Å². The molecule has 0 radical (unpaired) electrons. The Labute approximate surface area is 215 Å². The first kappa shape index (κ1) is 26.4. The molecule has 0 unspecified atom stereocenters. The minimum atomic E-state index is -4.15. The summed E-state index contributed by atoms with van der Waals surface area (Å²) >= 11 is 12.0. The van der Waals surface area contributed by atoms with Gasteiger partial charge in [0.1, 0.15) is 36.2 Å². The molecule has 2 heterocycles. The van der Waals surface area contributed by atoms with Crippen molar-refractivity contribution in [2.24, 2.45) is 0 Å². The number of nitrogens with zero attached hydrogens (tertiary/aromatic N) is 4. The Bertz CT molecular complexity index is 1370. The predicted octanol–water partition coefficient (Wildman–Crippen LogP) is 1.99. The number of hydrogen-bond donors (Lipinski definition) is 3. The lowest BCUT2D eigenvalue weighted by Crippen LogP contribution is -2.35. The minimum Gasteiger partial charge on any atom is -0.387 e. The average Bonchev–Trinajstić information content (AvgIpc) is 3.41. The first-order valence-corrected chi connectivity index (χ1v) is 12.8. The molecule has 15 heteroatoms. The summed E-state index contributed by atoms with van der Waals surface area (Å²) in [6.07, 6.45) is -1.07. The Kier molecular flexibility index (Phi) is 7.87. The maximum atomic E-state index is 14.7. The fourth-order valence-corrected chi connectivity index (χ4v) is 4.66. The van der Waals surface area contributed by atoms with Gasteiger partial charge in [0, 0.05) is 25.9 Å². The number of aliphatic hydroxyl groups is 1. The number of aliphatic hydroxyl groups excluding tert-OH is 1. The number of halogens is 3. The van der Waals surface area contributed by atoms with Crippen LogP contribution < -0.4 is 10.0 Å².